The number of phenolic OH excluding ortho intramolecular Hbond substituents is 2. The number of phenols is 2. The Kier molecular flexibility index (Phi) is 11.2. The zero-order valence-electron chi connectivity index (χ0n) is 23.1. The highest BCUT2D eigenvalue weighted by molar-refractivity contribution is 5.93. The van der Waals surface area contributed by atoms with Crippen molar-refractivity contribution in [3.05, 3.63) is 59.7 Å². The fourth-order valence-electron chi connectivity index (χ4n) is 4.09. The quantitative estimate of drug-likeness (QED) is 0.316. The number of carbonyl (C=O) groups excluding carboxylic acids is 3. The Balaban J connectivity index is 2.54. The largest absolute Gasteiger partial charge is 0.508 e. The van der Waals surface area contributed by atoms with Crippen molar-refractivity contribution in [2.75, 3.05) is 6.54 Å². The molecule has 39 heavy (non-hydrogen) atoms. The first-order valence-corrected chi connectivity index (χ1v) is 12.9. The molecule has 0 aliphatic carbocycles. The lowest BCUT2D eigenvalue weighted by Crippen LogP contribution is -2.54. The fourth-order valence-corrected chi connectivity index (χ4v) is 4.09. The summed E-state index contributed by atoms with van der Waals surface area (Å²) in [7, 11) is 0. The molecule has 4 N–H and O–H groups in total. The fraction of sp³-hybridized carbons (Fsp3) is 0.448. The Bertz CT molecular complexity index is 1170. The van der Waals surface area contributed by atoms with Crippen LogP contribution in [0.1, 0.15) is 64.6 Å². The number of hydrogen-bond acceptors (Lipinski definition) is 7. The van der Waals surface area contributed by atoms with Crippen LogP contribution in [0.15, 0.2) is 48.5 Å². The van der Waals surface area contributed by atoms with Crippen LogP contribution in [-0.4, -0.2) is 57.3 Å². The topological polar surface area (TPSA) is 152 Å². The van der Waals surface area contributed by atoms with E-state index < -0.39 is 42.1 Å². The van der Waals surface area contributed by atoms with Gasteiger partial charge < -0.3 is 30.5 Å². The molecule has 210 valence electrons. The summed E-state index contributed by atoms with van der Waals surface area (Å²) in [6.45, 7) is 8.36. The molecule has 3 unspecified atom stereocenters. The summed E-state index contributed by atoms with van der Waals surface area (Å²) in [6.07, 6.45) is 0.645. The van der Waals surface area contributed by atoms with Crippen molar-refractivity contribution in [3.8, 4) is 17.6 Å². The zero-order valence-corrected chi connectivity index (χ0v) is 23.1. The minimum atomic E-state index is -1.35. The van der Waals surface area contributed by atoms with E-state index in [4.69, 9.17) is 4.74 Å². The molecule has 0 fully saturated rings. The number of para-hydroxylation sites is 1. The molecule has 3 amide bonds. The van der Waals surface area contributed by atoms with E-state index in [1.165, 1.54) is 24.3 Å². The first kappa shape index (κ1) is 31.0. The molecule has 10 heteroatoms. The molecule has 0 saturated carbocycles. The SMILES string of the molecule is CCCC(C)NC(=O)C(c1ccccc1O)N(CC#N)C(=O)C(Cc1ccc(O)cc1)NC(=O)OC(C)(C)C. The summed E-state index contributed by atoms with van der Waals surface area (Å²) in [5.74, 6) is -1.47. The first-order chi connectivity index (χ1) is 18.4. The Hall–Kier alpha value is -4.26. The number of nitriles is 1. The van der Waals surface area contributed by atoms with Gasteiger partial charge in [-0.15, -0.1) is 0 Å². The number of nitrogens with one attached hydrogen (secondary N) is 2. The van der Waals surface area contributed by atoms with E-state index in [-0.39, 0.29) is 29.5 Å². The van der Waals surface area contributed by atoms with Crippen molar-refractivity contribution in [2.24, 2.45) is 0 Å². The van der Waals surface area contributed by atoms with Crippen molar-refractivity contribution < 1.29 is 29.3 Å². The van der Waals surface area contributed by atoms with Crippen LogP contribution in [-0.2, 0) is 20.7 Å². The van der Waals surface area contributed by atoms with Gasteiger partial charge in [-0.1, -0.05) is 43.7 Å². The van der Waals surface area contributed by atoms with E-state index in [2.05, 4.69) is 10.6 Å². The van der Waals surface area contributed by atoms with Crippen LogP contribution in [0, 0.1) is 11.3 Å². The number of amides is 3. The molecule has 2 rings (SSSR count). The average Bonchev–Trinajstić information content (AvgIpc) is 2.84. The van der Waals surface area contributed by atoms with Crippen molar-refractivity contribution in [1.82, 2.24) is 15.5 Å². The van der Waals surface area contributed by atoms with Crippen LogP contribution < -0.4 is 10.6 Å². The second kappa shape index (κ2) is 14.0. The molecule has 0 spiro atoms. The molecule has 3 atom stereocenters. The van der Waals surface area contributed by atoms with Crippen molar-refractivity contribution in [2.45, 2.75) is 77.6 Å². The Labute approximate surface area is 229 Å². The van der Waals surface area contributed by atoms with Gasteiger partial charge in [0, 0.05) is 18.0 Å². The summed E-state index contributed by atoms with van der Waals surface area (Å²) < 4.78 is 5.36. The maximum absolute atomic E-state index is 14.0. The molecule has 10 nitrogen and oxygen atoms in total. The van der Waals surface area contributed by atoms with Gasteiger partial charge in [0.05, 0.1) is 6.07 Å². The smallest absolute Gasteiger partial charge is 0.408 e. The van der Waals surface area contributed by atoms with Crippen LogP contribution in [0.3, 0.4) is 0 Å². The van der Waals surface area contributed by atoms with Crippen molar-refractivity contribution in [1.29, 1.82) is 5.26 Å². The second-order valence-electron chi connectivity index (χ2n) is 10.4. The lowest BCUT2D eigenvalue weighted by Gasteiger charge is -2.33. The van der Waals surface area contributed by atoms with E-state index in [1.54, 1.807) is 45.0 Å². The van der Waals surface area contributed by atoms with Crippen molar-refractivity contribution in [3.63, 3.8) is 0 Å². The number of carbonyl (C=O) groups is 3. The molecule has 0 aliphatic rings. The van der Waals surface area contributed by atoms with Crippen LogP contribution in [0.4, 0.5) is 4.79 Å². The summed E-state index contributed by atoms with van der Waals surface area (Å²) >= 11 is 0. The molecule has 2 aromatic rings. The lowest BCUT2D eigenvalue weighted by atomic mass is 9.99. The Morgan fingerprint density at radius 3 is 2.26 bits per heavy atom. The van der Waals surface area contributed by atoms with Gasteiger partial charge in [-0.3, -0.25) is 9.59 Å². The van der Waals surface area contributed by atoms with Gasteiger partial charge in [0.1, 0.15) is 35.7 Å². The lowest BCUT2D eigenvalue weighted by molar-refractivity contribution is -0.142. The third kappa shape index (κ3) is 9.52. The van der Waals surface area contributed by atoms with Gasteiger partial charge in [0.2, 0.25) is 11.8 Å². The Morgan fingerprint density at radius 2 is 1.69 bits per heavy atom. The van der Waals surface area contributed by atoms with E-state index in [1.807, 2.05) is 19.9 Å². The van der Waals surface area contributed by atoms with Gasteiger partial charge in [-0.2, -0.15) is 5.26 Å². The molecular weight excluding hydrogens is 500 g/mol. The number of ether oxygens (including phenoxy) is 1. The van der Waals surface area contributed by atoms with E-state index in [9.17, 15) is 29.9 Å². The van der Waals surface area contributed by atoms with Gasteiger partial charge in [0.15, 0.2) is 0 Å². The summed E-state index contributed by atoms with van der Waals surface area (Å²) in [5, 5.41) is 35.4. The maximum atomic E-state index is 14.0. The highest BCUT2D eigenvalue weighted by Gasteiger charge is 2.37. The van der Waals surface area contributed by atoms with Crippen LogP contribution in [0.2, 0.25) is 0 Å². The van der Waals surface area contributed by atoms with Gasteiger partial charge >= 0.3 is 6.09 Å². The predicted molar refractivity (Wildman–Crippen MR) is 146 cm³/mol. The molecule has 0 aromatic heterocycles. The van der Waals surface area contributed by atoms with E-state index >= 15 is 0 Å². The van der Waals surface area contributed by atoms with Crippen molar-refractivity contribution >= 4 is 17.9 Å². The minimum absolute atomic E-state index is 0.0123. The maximum Gasteiger partial charge on any atom is 0.408 e. The highest BCUT2D eigenvalue weighted by Crippen LogP contribution is 2.30. The predicted octanol–water partition coefficient (Wildman–Crippen LogP) is 3.93. The number of alkyl carbamates (subject to hydrolysis) is 1. The van der Waals surface area contributed by atoms with Gasteiger partial charge in [0.25, 0.3) is 0 Å². The van der Waals surface area contributed by atoms with Crippen LogP contribution >= 0.6 is 0 Å². The van der Waals surface area contributed by atoms with Gasteiger partial charge in [-0.05, 0) is 57.9 Å². The normalized spacial score (nSPS) is 13.3. The standard InChI is InChI=1S/C29H38N4O6/c1-6-9-19(2)31-26(36)25(22-10-7-8-11-24(22)35)33(17-16-30)27(37)23(32-28(38)39-29(3,4)5)18-20-12-14-21(34)15-13-20/h7-8,10-15,19,23,25,34-35H,6,9,17-18H2,1-5H3,(H,31,36)(H,32,38). The molecular formula is C29H38N4O6. The zero-order chi connectivity index (χ0) is 29.2. The Morgan fingerprint density at radius 1 is 1.05 bits per heavy atom. The molecule has 2 aromatic carbocycles. The van der Waals surface area contributed by atoms with Gasteiger partial charge in [-0.25, -0.2) is 4.79 Å². The van der Waals surface area contributed by atoms with Crippen LogP contribution in [0.5, 0.6) is 11.5 Å². The molecule has 0 bridgehead atoms. The highest BCUT2D eigenvalue weighted by atomic mass is 16.6. The summed E-state index contributed by atoms with van der Waals surface area (Å²) in [5.41, 5.74) is -0.0850. The van der Waals surface area contributed by atoms with E-state index in [0.717, 1.165) is 11.3 Å². The first-order valence-electron chi connectivity index (χ1n) is 12.9. The van der Waals surface area contributed by atoms with E-state index in [0.29, 0.717) is 12.0 Å². The third-order valence-electron chi connectivity index (χ3n) is 5.79. The molecule has 0 heterocycles. The van der Waals surface area contributed by atoms with Crippen LogP contribution in [0.25, 0.3) is 0 Å². The summed E-state index contributed by atoms with van der Waals surface area (Å²) in [4.78, 5) is 41.4. The molecule has 0 radical (unpaired) electrons. The number of rotatable bonds is 11. The number of nitrogens with zero attached hydrogens (tertiary/aromatic N) is 2. The number of aromatic hydroxyl groups is 2. The number of benzene rings is 2. The average molecular weight is 539 g/mol. The number of hydrogen-bond donors (Lipinski definition) is 4. The second-order valence-corrected chi connectivity index (χ2v) is 10.4. The monoisotopic (exact) mass is 538 g/mol. The minimum Gasteiger partial charge on any atom is -0.508 e. The third-order valence-corrected chi connectivity index (χ3v) is 5.79. The summed E-state index contributed by atoms with van der Waals surface area (Å²) in [6, 6.07) is 11.3. The molecule has 0 aliphatic heterocycles. The molecule has 0 saturated heterocycles.